The van der Waals surface area contributed by atoms with E-state index in [1.807, 2.05) is 41.8 Å². The van der Waals surface area contributed by atoms with E-state index in [4.69, 9.17) is 5.41 Å². The topological polar surface area (TPSA) is 35.9 Å². The van der Waals surface area contributed by atoms with Crippen LogP contribution in [-0.2, 0) is 0 Å². The van der Waals surface area contributed by atoms with Crippen LogP contribution >= 0.6 is 11.3 Å². The van der Waals surface area contributed by atoms with Gasteiger partial charge in [0.05, 0.1) is 4.88 Å². The van der Waals surface area contributed by atoms with Crippen molar-refractivity contribution in [2.75, 3.05) is 5.32 Å². The number of benzene rings is 1. The summed E-state index contributed by atoms with van der Waals surface area (Å²) in [6, 6.07) is 14.3. The van der Waals surface area contributed by atoms with Crippen molar-refractivity contribution in [1.29, 1.82) is 5.41 Å². The van der Waals surface area contributed by atoms with Crippen molar-refractivity contribution in [3.05, 3.63) is 52.7 Å². The van der Waals surface area contributed by atoms with Gasteiger partial charge in [0.2, 0.25) is 0 Å². The van der Waals surface area contributed by atoms with Crippen molar-refractivity contribution >= 4 is 22.9 Å². The van der Waals surface area contributed by atoms with E-state index in [-0.39, 0.29) is 0 Å². The Balaban J connectivity index is 2.10. The lowest BCUT2D eigenvalue weighted by Crippen LogP contribution is -2.09. The van der Waals surface area contributed by atoms with E-state index in [1.165, 1.54) is 0 Å². The van der Waals surface area contributed by atoms with Gasteiger partial charge in [0.1, 0.15) is 5.84 Å². The van der Waals surface area contributed by atoms with E-state index in [1.54, 1.807) is 11.3 Å². The van der Waals surface area contributed by atoms with Crippen LogP contribution in [0.1, 0.15) is 4.88 Å². The molecule has 3 heteroatoms. The number of amidine groups is 1. The molecule has 0 aliphatic heterocycles. The number of thiophene rings is 1. The first-order chi connectivity index (χ1) is 6.86. The summed E-state index contributed by atoms with van der Waals surface area (Å²) in [7, 11) is 0. The van der Waals surface area contributed by atoms with Gasteiger partial charge in [-0.25, -0.2) is 0 Å². The Bertz CT molecular complexity index is 406. The fourth-order valence-electron chi connectivity index (χ4n) is 1.10. The lowest BCUT2D eigenvalue weighted by atomic mass is 10.3. The third-order valence-electron chi connectivity index (χ3n) is 1.74. The van der Waals surface area contributed by atoms with Crippen LogP contribution in [0, 0.1) is 11.5 Å². The molecule has 1 radical (unpaired) electrons. The van der Waals surface area contributed by atoms with E-state index in [9.17, 15) is 0 Å². The van der Waals surface area contributed by atoms with Crippen LogP contribution in [0.4, 0.5) is 5.69 Å². The molecule has 0 amide bonds. The normalized spacial score (nSPS) is 9.71. The molecule has 2 aromatic rings. The summed E-state index contributed by atoms with van der Waals surface area (Å²) in [5.41, 5.74) is 0.894. The van der Waals surface area contributed by atoms with Gasteiger partial charge < -0.3 is 5.32 Å². The molecule has 2 N–H and O–H groups in total. The maximum absolute atomic E-state index is 7.77. The van der Waals surface area contributed by atoms with Crippen molar-refractivity contribution in [3.63, 3.8) is 0 Å². The molecule has 1 aromatic carbocycles. The first-order valence-electron chi connectivity index (χ1n) is 4.22. The maximum atomic E-state index is 7.77. The van der Waals surface area contributed by atoms with E-state index >= 15 is 0 Å². The lowest BCUT2D eigenvalue weighted by Gasteiger charge is -2.04. The highest BCUT2D eigenvalue weighted by atomic mass is 32.1. The van der Waals surface area contributed by atoms with Crippen molar-refractivity contribution in [1.82, 2.24) is 0 Å². The van der Waals surface area contributed by atoms with Gasteiger partial charge in [0.25, 0.3) is 0 Å². The summed E-state index contributed by atoms with van der Waals surface area (Å²) in [6.07, 6.45) is 0. The van der Waals surface area contributed by atoms with Crippen LogP contribution < -0.4 is 5.32 Å². The molecular weight excluding hydrogens is 192 g/mol. The standard InChI is InChI=1S/C11H9N2S/c12-11(10-7-4-8-14-10)13-9-5-2-1-3-6-9/h1-2,4-8H,(H2,12,13). The minimum Gasteiger partial charge on any atom is -0.340 e. The van der Waals surface area contributed by atoms with Gasteiger partial charge in [-0.15, -0.1) is 11.3 Å². The van der Waals surface area contributed by atoms with Gasteiger partial charge in [0.15, 0.2) is 0 Å². The molecule has 0 bridgehead atoms. The minimum absolute atomic E-state index is 0.430. The zero-order valence-electron chi connectivity index (χ0n) is 7.45. The van der Waals surface area contributed by atoms with Gasteiger partial charge in [-0.1, -0.05) is 18.2 Å². The molecule has 0 unspecified atom stereocenters. The summed E-state index contributed by atoms with van der Waals surface area (Å²) in [4.78, 5) is 0.939. The van der Waals surface area contributed by atoms with Gasteiger partial charge in [-0.2, -0.15) is 0 Å². The first kappa shape index (κ1) is 8.97. The highest BCUT2D eigenvalue weighted by Gasteiger charge is 2.01. The van der Waals surface area contributed by atoms with Crippen LogP contribution in [0.2, 0.25) is 0 Å². The molecule has 0 fully saturated rings. The molecule has 0 atom stereocenters. The Hall–Kier alpha value is -1.61. The van der Waals surface area contributed by atoms with Crippen molar-refractivity contribution in [2.45, 2.75) is 0 Å². The molecule has 0 aliphatic rings. The first-order valence-corrected chi connectivity index (χ1v) is 5.10. The maximum Gasteiger partial charge on any atom is 0.140 e. The van der Waals surface area contributed by atoms with Crippen LogP contribution in [0.25, 0.3) is 0 Å². The SMILES string of the molecule is N=C(Nc1c[c]ccc1)c1cccs1. The fraction of sp³-hybridized carbons (Fsp3) is 0. The predicted octanol–water partition coefficient (Wildman–Crippen LogP) is 2.99. The average Bonchev–Trinajstić information content (AvgIpc) is 2.72. The van der Waals surface area contributed by atoms with E-state index < -0.39 is 0 Å². The smallest absolute Gasteiger partial charge is 0.140 e. The molecular formula is C11H9N2S. The molecule has 2 nitrogen and oxygen atoms in total. The van der Waals surface area contributed by atoms with Crippen molar-refractivity contribution in [2.24, 2.45) is 0 Å². The zero-order valence-corrected chi connectivity index (χ0v) is 8.27. The molecule has 2 rings (SSSR count). The molecule has 0 saturated carbocycles. The number of anilines is 1. The molecule has 0 aliphatic carbocycles. The number of rotatable bonds is 2. The zero-order chi connectivity index (χ0) is 9.80. The molecule has 69 valence electrons. The minimum atomic E-state index is 0.430. The quantitative estimate of drug-likeness (QED) is 0.568. The van der Waals surface area contributed by atoms with Crippen LogP contribution in [0.15, 0.2) is 41.8 Å². The number of nitrogens with one attached hydrogen (secondary N) is 2. The summed E-state index contributed by atoms with van der Waals surface area (Å²) >= 11 is 1.55. The van der Waals surface area contributed by atoms with E-state index in [2.05, 4.69) is 11.4 Å². The third kappa shape index (κ3) is 2.00. The van der Waals surface area contributed by atoms with Crippen molar-refractivity contribution < 1.29 is 0 Å². The highest BCUT2D eigenvalue weighted by Crippen LogP contribution is 2.12. The van der Waals surface area contributed by atoms with Crippen molar-refractivity contribution in [3.8, 4) is 0 Å². The second-order valence-electron chi connectivity index (χ2n) is 2.77. The highest BCUT2D eigenvalue weighted by molar-refractivity contribution is 7.12. The van der Waals surface area contributed by atoms with Gasteiger partial charge in [0, 0.05) is 5.69 Å². The molecule has 0 spiro atoms. The second kappa shape index (κ2) is 4.07. The molecule has 14 heavy (non-hydrogen) atoms. The molecule has 1 aromatic heterocycles. The monoisotopic (exact) mass is 201 g/mol. The molecule has 0 saturated heterocycles. The summed E-state index contributed by atoms with van der Waals surface area (Å²) < 4.78 is 0. The van der Waals surface area contributed by atoms with Crippen LogP contribution in [0.5, 0.6) is 0 Å². The van der Waals surface area contributed by atoms with Gasteiger partial charge in [-0.3, -0.25) is 5.41 Å². The Morgan fingerprint density at radius 3 is 2.93 bits per heavy atom. The third-order valence-corrected chi connectivity index (χ3v) is 2.63. The number of hydrogen-bond acceptors (Lipinski definition) is 2. The summed E-state index contributed by atoms with van der Waals surface area (Å²) in [6.45, 7) is 0. The summed E-state index contributed by atoms with van der Waals surface area (Å²) in [5, 5.41) is 12.7. The molecule has 1 heterocycles. The summed E-state index contributed by atoms with van der Waals surface area (Å²) in [5.74, 6) is 0.430. The predicted molar refractivity (Wildman–Crippen MR) is 60.0 cm³/mol. The number of hydrogen-bond donors (Lipinski definition) is 2. The largest absolute Gasteiger partial charge is 0.340 e. The second-order valence-corrected chi connectivity index (χ2v) is 3.72. The van der Waals surface area contributed by atoms with Gasteiger partial charge >= 0.3 is 0 Å². The Kier molecular flexibility index (Phi) is 2.60. The Morgan fingerprint density at radius 2 is 2.29 bits per heavy atom. The van der Waals surface area contributed by atoms with Crippen LogP contribution in [-0.4, -0.2) is 5.84 Å². The van der Waals surface area contributed by atoms with E-state index in [0.29, 0.717) is 5.84 Å². The van der Waals surface area contributed by atoms with Gasteiger partial charge in [-0.05, 0) is 29.6 Å². The van der Waals surface area contributed by atoms with E-state index in [0.717, 1.165) is 10.6 Å². The van der Waals surface area contributed by atoms with Crippen LogP contribution in [0.3, 0.4) is 0 Å². The Morgan fingerprint density at radius 1 is 1.36 bits per heavy atom. The lowest BCUT2D eigenvalue weighted by molar-refractivity contribution is 1.47. The average molecular weight is 201 g/mol. The fourth-order valence-corrected chi connectivity index (χ4v) is 1.73. The Labute approximate surface area is 86.7 Å².